The molecule has 1 aromatic carbocycles. The Kier molecular flexibility index (Phi) is 5.78. The Morgan fingerprint density at radius 1 is 1.26 bits per heavy atom. The van der Waals surface area contributed by atoms with E-state index in [0.29, 0.717) is 16.6 Å². The van der Waals surface area contributed by atoms with Gasteiger partial charge in [-0.1, -0.05) is 18.3 Å². The molecule has 0 saturated carbocycles. The summed E-state index contributed by atoms with van der Waals surface area (Å²) >= 11 is 5.33. The van der Waals surface area contributed by atoms with Gasteiger partial charge in [-0.15, -0.1) is 0 Å². The summed E-state index contributed by atoms with van der Waals surface area (Å²) in [7, 11) is 0. The van der Waals surface area contributed by atoms with E-state index in [2.05, 4.69) is 26.7 Å². The maximum atomic E-state index is 8.88. The summed E-state index contributed by atoms with van der Waals surface area (Å²) in [5, 5.41) is 15.1. The van der Waals surface area contributed by atoms with E-state index in [1.807, 2.05) is 32.9 Å². The van der Waals surface area contributed by atoms with Crippen LogP contribution in [0.2, 0.25) is 0 Å². The van der Waals surface area contributed by atoms with Gasteiger partial charge in [0.05, 0.1) is 6.61 Å². The highest BCUT2D eigenvalue weighted by Crippen LogP contribution is 2.17. The van der Waals surface area contributed by atoms with Gasteiger partial charge in [0.1, 0.15) is 10.7 Å². The lowest BCUT2D eigenvalue weighted by molar-refractivity contribution is 0.341. The molecule has 3 N–H and O–H groups in total. The molecule has 5 nitrogen and oxygen atoms in total. The number of benzene rings is 1. The molecule has 2 rings (SSSR count). The molecular formula is C17H20N4OS. The lowest BCUT2D eigenvalue weighted by Crippen LogP contribution is -2.22. The number of allylic oxidation sites excluding steroid dienone is 1. The molecule has 0 radical (unpaired) electrons. The number of nitrogens with one attached hydrogen (secondary N) is 2. The number of anilines is 2. The molecule has 0 saturated heterocycles. The van der Waals surface area contributed by atoms with E-state index in [-0.39, 0.29) is 6.61 Å². The molecule has 0 bridgehead atoms. The Bertz CT molecular complexity index is 723. The quantitative estimate of drug-likeness (QED) is 0.733. The van der Waals surface area contributed by atoms with E-state index in [0.717, 1.165) is 11.4 Å². The van der Waals surface area contributed by atoms with Crippen LogP contribution in [0.1, 0.15) is 23.7 Å². The van der Waals surface area contributed by atoms with E-state index in [9.17, 15) is 0 Å². The summed E-state index contributed by atoms with van der Waals surface area (Å²) in [5.41, 5.74) is 4.68. The van der Waals surface area contributed by atoms with Crippen molar-refractivity contribution in [3.63, 3.8) is 0 Å². The average Bonchev–Trinajstić information content (AvgIpc) is 2.46. The molecule has 0 amide bonds. The van der Waals surface area contributed by atoms with Gasteiger partial charge in [0.25, 0.3) is 0 Å². The first kappa shape index (κ1) is 17.1. The van der Waals surface area contributed by atoms with Gasteiger partial charge in [0, 0.05) is 17.6 Å². The van der Waals surface area contributed by atoms with Crippen LogP contribution in [0.5, 0.6) is 0 Å². The zero-order chi connectivity index (χ0) is 16.8. The minimum Gasteiger partial charge on any atom is -0.392 e. The second kappa shape index (κ2) is 7.80. The van der Waals surface area contributed by atoms with E-state index < -0.39 is 0 Å². The van der Waals surface area contributed by atoms with Crippen molar-refractivity contribution in [2.24, 2.45) is 0 Å². The third-order valence-corrected chi connectivity index (χ3v) is 3.39. The topological polar surface area (TPSA) is 70.1 Å². The number of aryl methyl sites for hydroxylation is 2. The van der Waals surface area contributed by atoms with E-state index in [1.54, 1.807) is 18.3 Å². The van der Waals surface area contributed by atoms with E-state index >= 15 is 0 Å². The second-order valence-electron chi connectivity index (χ2n) is 5.29. The molecular weight excluding hydrogens is 308 g/mol. The first-order chi connectivity index (χ1) is 11.0. The number of aromatic nitrogens is 2. The molecule has 6 heteroatoms. The monoisotopic (exact) mass is 328 g/mol. The number of hydrogen-bond donors (Lipinski definition) is 3. The highest BCUT2D eigenvalue weighted by Gasteiger charge is 2.06. The van der Waals surface area contributed by atoms with Crippen LogP contribution in [0, 0.1) is 13.8 Å². The fourth-order valence-corrected chi connectivity index (χ4v) is 2.43. The summed E-state index contributed by atoms with van der Waals surface area (Å²) in [6, 6.07) is 7.92. The minimum atomic E-state index is -0.0370. The van der Waals surface area contributed by atoms with Crippen molar-refractivity contribution in [1.29, 1.82) is 0 Å². The van der Waals surface area contributed by atoms with Crippen molar-refractivity contribution in [2.75, 3.05) is 11.9 Å². The van der Waals surface area contributed by atoms with Crippen LogP contribution in [-0.2, 0) is 0 Å². The van der Waals surface area contributed by atoms with Gasteiger partial charge in [0.15, 0.2) is 0 Å². The van der Waals surface area contributed by atoms with Gasteiger partial charge in [-0.05, 0) is 56.2 Å². The predicted molar refractivity (Wildman–Crippen MR) is 96.9 cm³/mol. The van der Waals surface area contributed by atoms with Crippen LogP contribution in [0.3, 0.4) is 0 Å². The van der Waals surface area contributed by atoms with Crippen LogP contribution >= 0.6 is 12.2 Å². The number of hydrogen-bond acceptors (Lipinski definition) is 5. The molecule has 0 atom stereocenters. The van der Waals surface area contributed by atoms with Crippen molar-refractivity contribution in [1.82, 2.24) is 15.3 Å². The van der Waals surface area contributed by atoms with Crippen LogP contribution in [0.15, 0.2) is 42.2 Å². The molecule has 0 aliphatic heterocycles. The Morgan fingerprint density at radius 2 is 1.96 bits per heavy atom. The summed E-state index contributed by atoms with van der Waals surface area (Å²) in [6.45, 7) is 5.89. The number of thiocarbonyl (C=S) groups is 1. The SMILES string of the molecule is C/C(=C\CO)NC(=S)c1ccnc(Nc2cc(C)cc(C)c2)n1. The molecule has 2 aromatic rings. The summed E-state index contributed by atoms with van der Waals surface area (Å²) in [4.78, 5) is 9.14. The first-order valence-electron chi connectivity index (χ1n) is 7.25. The number of aliphatic hydroxyl groups excluding tert-OH is 1. The highest BCUT2D eigenvalue weighted by molar-refractivity contribution is 7.80. The highest BCUT2D eigenvalue weighted by atomic mass is 32.1. The fraction of sp³-hybridized carbons (Fsp3) is 0.235. The van der Waals surface area contributed by atoms with Crippen molar-refractivity contribution in [2.45, 2.75) is 20.8 Å². The van der Waals surface area contributed by atoms with Crippen molar-refractivity contribution >= 4 is 28.8 Å². The van der Waals surface area contributed by atoms with Crippen molar-refractivity contribution < 1.29 is 5.11 Å². The van der Waals surface area contributed by atoms with Gasteiger partial charge in [0.2, 0.25) is 5.95 Å². The number of rotatable bonds is 5. The Balaban J connectivity index is 2.16. The van der Waals surface area contributed by atoms with Gasteiger partial charge in [-0.2, -0.15) is 0 Å². The van der Waals surface area contributed by atoms with E-state index in [4.69, 9.17) is 17.3 Å². The van der Waals surface area contributed by atoms with Crippen LogP contribution in [-0.4, -0.2) is 26.7 Å². The number of aliphatic hydroxyl groups is 1. The predicted octanol–water partition coefficient (Wildman–Crippen LogP) is 3.00. The Hall–Kier alpha value is -2.31. The third-order valence-electron chi connectivity index (χ3n) is 3.07. The normalized spacial score (nSPS) is 11.2. The van der Waals surface area contributed by atoms with E-state index in [1.165, 1.54) is 11.1 Å². The van der Waals surface area contributed by atoms with Crippen LogP contribution < -0.4 is 10.6 Å². The number of nitrogens with zero attached hydrogens (tertiary/aromatic N) is 2. The molecule has 0 aliphatic carbocycles. The molecule has 23 heavy (non-hydrogen) atoms. The maximum Gasteiger partial charge on any atom is 0.227 e. The summed E-state index contributed by atoms with van der Waals surface area (Å²) < 4.78 is 0. The van der Waals surface area contributed by atoms with Gasteiger partial charge < -0.3 is 15.7 Å². The second-order valence-corrected chi connectivity index (χ2v) is 5.70. The minimum absolute atomic E-state index is 0.0370. The largest absolute Gasteiger partial charge is 0.392 e. The zero-order valence-corrected chi connectivity index (χ0v) is 14.2. The third kappa shape index (κ3) is 5.12. The maximum absolute atomic E-state index is 8.88. The average molecular weight is 328 g/mol. The Morgan fingerprint density at radius 3 is 2.61 bits per heavy atom. The standard InChI is InChI=1S/C17H20N4OS/c1-11-8-12(2)10-14(9-11)20-17-18-6-4-15(21-17)16(23)19-13(3)5-7-22/h4-6,8-10,22H,7H2,1-3H3,(H,19,23)(H,18,20,21)/b13-5+. The molecule has 120 valence electrons. The van der Waals surface area contributed by atoms with Gasteiger partial charge >= 0.3 is 0 Å². The van der Waals surface area contributed by atoms with Crippen LogP contribution in [0.4, 0.5) is 11.6 Å². The molecule has 1 aromatic heterocycles. The smallest absolute Gasteiger partial charge is 0.227 e. The zero-order valence-electron chi connectivity index (χ0n) is 13.4. The van der Waals surface area contributed by atoms with Gasteiger partial charge in [-0.25, -0.2) is 9.97 Å². The first-order valence-corrected chi connectivity index (χ1v) is 7.66. The van der Waals surface area contributed by atoms with Crippen LogP contribution in [0.25, 0.3) is 0 Å². The van der Waals surface area contributed by atoms with Crippen molar-refractivity contribution in [3.8, 4) is 0 Å². The molecule has 0 unspecified atom stereocenters. The molecule has 0 fully saturated rings. The van der Waals surface area contributed by atoms with Gasteiger partial charge in [-0.3, -0.25) is 0 Å². The lowest BCUT2D eigenvalue weighted by atomic mass is 10.1. The van der Waals surface area contributed by atoms with Crippen molar-refractivity contribution in [3.05, 3.63) is 59.1 Å². The summed E-state index contributed by atoms with van der Waals surface area (Å²) in [6.07, 6.45) is 3.30. The molecule has 0 spiro atoms. The Labute approximate surface area is 141 Å². The fourth-order valence-electron chi connectivity index (χ4n) is 2.15. The molecule has 0 aliphatic rings. The summed E-state index contributed by atoms with van der Waals surface area (Å²) in [5.74, 6) is 0.487. The lowest BCUT2D eigenvalue weighted by Gasteiger charge is -2.10. The molecule has 1 heterocycles.